The summed E-state index contributed by atoms with van der Waals surface area (Å²) in [5.41, 5.74) is 1.81. The van der Waals surface area contributed by atoms with E-state index < -0.39 is 34.3 Å². The predicted octanol–water partition coefficient (Wildman–Crippen LogP) is 5.68. The molecule has 2 amide bonds. The molecule has 0 aliphatic carbocycles. The summed E-state index contributed by atoms with van der Waals surface area (Å²) in [4.78, 5) is 28.7. The van der Waals surface area contributed by atoms with Gasteiger partial charge < -0.3 is 15.0 Å². The molecular formula is C31H37BrFN3O5S. The minimum atomic E-state index is -4.25. The molecular weight excluding hydrogens is 625 g/mol. The van der Waals surface area contributed by atoms with Crippen LogP contribution in [0.4, 0.5) is 10.1 Å². The van der Waals surface area contributed by atoms with Crippen molar-refractivity contribution in [3.05, 3.63) is 88.1 Å². The number of anilines is 1. The minimum Gasteiger partial charge on any atom is -0.496 e. The number of carbonyl (C=O) groups is 2. The Balaban J connectivity index is 2.06. The van der Waals surface area contributed by atoms with Crippen molar-refractivity contribution >= 4 is 43.5 Å². The van der Waals surface area contributed by atoms with Crippen molar-refractivity contribution in [2.75, 3.05) is 24.5 Å². The fourth-order valence-electron chi connectivity index (χ4n) is 4.30. The molecule has 226 valence electrons. The number of carbonyl (C=O) groups excluding carboxylic acids is 2. The van der Waals surface area contributed by atoms with Gasteiger partial charge in [-0.05, 0) is 83.2 Å². The van der Waals surface area contributed by atoms with E-state index in [1.165, 1.54) is 54.5 Å². The van der Waals surface area contributed by atoms with Crippen LogP contribution in [0.1, 0.15) is 38.3 Å². The third-order valence-electron chi connectivity index (χ3n) is 6.65. The van der Waals surface area contributed by atoms with Crippen molar-refractivity contribution in [3.63, 3.8) is 0 Å². The molecule has 0 aliphatic rings. The van der Waals surface area contributed by atoms with E-state index in [0.29, 0.717) is 34.4 Å². The van der Waals surface area contributed by atoms with E-state index in [0.717, 1.165) is 9.87 Å². The molecule has 3 rings (SSSR count). The monoisotopic (exact) mass is 661 g/mol. The van der Waals surface area contributed by atoms with Gasteiger partial charge in [-0.2, -0.15) is 0 Å². The lowest BCUT2D eigenvalue weighted by Gasteiger charge is -2.33. The van der Waals surface area contributed by atoms with Gasteiger partial charge >= 0.3 is 0 Å². The first kappa shape index (κ1) is 33.1. The molecule has 0 radical (unpaired) electrons. The molecule has 0 aliphatic heterocycles. The second-order valence-electron chi connectivity index (χ2n) is 10.4. The number of amides is 2. The first-order valence-corrected chi connectivity index (χ1v) is 15.8. The quantitative estimate of drug-likeness (QED) is 0.254. The predicted molar refractivity (Wildman–Crippen MR) is 165 cm³/mol. The molecule has 8 nitrogen and oxygen atoms in total. The molecule has 0 aromatic heterocycles. The Hall–Kier alpha value is -3.44. The molecule has 0 bridgehead atoms. The molecule has 11 heteroatoms. The average Bonchev–Trinajstić information content (AvgIpc) is 2.96. The summed E-state index contributed by atoms with van der Waals surface area (Å²) in [6.07, 6.45) is 0.291. The molecule has 0 saturated carbocycles. The maximum atomic E-state index is 14.1. The Bertz CT molecular complexity index is 1480. The summed E-state index contributed by atoms with van der Waals surface area (Å²) < 4.78 is 48.5. The van der Waals surface area contributed by atoms with Crippen molar-refractivity contribution in [2.24, 2.45) is 5.92 Å². The smallest absolute Gasteiger partial charge is 0.264 e. The summed E-state index contributed by atoms with van der Waals surface area (Å²) in [5.74, 6) is -0.706. The first-order chi connectivity index (χ1) is 19.9. The Kier molecular flexibility index (Phi) is 11.5. The average molecular weight is 663 g/mol. The van der Waals surface area contributed by atoms with E-state index in [9.17, 15) is 22.4 Å². The number of rotatable bonds is 13. The van der Waals surface area contributed by atoms with Crippen LogP contribution in [0, 0.1) is 18.7 Å². The van der Waals surface area contributed by atoms with Crippen molar-refractivity contribution in [1.29, 1.82) is 0 Å². The first-order valence-electron chi connectivity index (χ1n) is 13.6. The Morgan fingerprint density at radius 1 is 1.02 bits per heavy atom. The molecule has 1 unspecified atom stereocenters. The molecule has 0 fully saturated rings. The lowest BCUT2D eigenvalue weighted by molar-refractivity contribution is -0.140. The Morgan fingerprint density at radius 3 is 2.21 bits per heavy atom. The van der Waals surface area contributed by atoms with E-state index in [-0.39, 0.29) is 23.3 Å². The van der Waals surface area contributed by atoms with Crippen LogP contribution in [0.25, 0.3) is 0 Å². The topological polar surface area (TPSA) is 96.0 Å². The van der Waals surface area contributed by atoms with Crippen molar-refractivity contribution < 1.29 is 27.1 Å². The van der Waals surface area contributed by atoms with Crippen LogP contribution in [0.5, 0.6) is 5.75 Å². The van der Waals surface area contributed by atoms with Gasteiger partial charge in [0.15, 0.2) is 0 Å². The highest BCUT2D eigenvalue weighted by atomic mass is 79.9. The Labute approximate surface area is 256 Å². The van der Waals surface area contributed by atoms with Gasteiger partial charge in [0.2, 0.25) is 11.8 Å². The number of sulfonamides is 1. The van der Waals surface area contributed by atoms with E-state index in [1.54, 1.807) is 31.2 Å². The lowest BCUT2D eigenvalue weighted by Crippen LogP contribution is -2.52. The lowest BCUT2D eigenvalue weighted by atomic mass is 10.1. The minimum absolute atomic E-state index is 0.0113. The van der Waals surface area contributed by atoms with E-state index in [4.69, 9.17) is 4.74 Å². The van der Waals surface area contributed by atoms with E-state index in [2.05, 4.69) is 21.2 Å². The molecule has 42 heavy (non-hydrogen) atoms. The summed E-state index contributed by atoms with van der Waals surface area (Å²) in [7, 11) is -2.77. The fourth-order valence-corrected chi connectivity index (χ4v) is 6.44. The number of halogens is 2. The highest BCUT2D eigenvalue weighted by Crippen LogP contribution is 2.31. The number of methoxy groups -OCH3 is 1. The number of nitrogens with zero attached hydrogens (tertiary/aromatic N) is 2. The maximum Gasteiger partial charge on any atom is 0.264 e. The van der Waals surface area contributed by atoms with Crippen LogP contribution in [-0.2, 0) is 26.2 Å². The van der Waals surface area contributed by atoms with Crippen LogP contribution in [0.3, 0.4) is 0 Å². The van der Waals surface area contributed by atoms with E-state index >= 15 is 0 Å². The molecule has 3 aromatic carbocycles. The molecule has 0 saturated heterocycles. The van der Waals surface area contributed by atoms with Gasteiger partial charge in [0.25, 0.3) is 10.0 Å². The molecule has 0 heterocycles. The van der Waals surface area contributed by atoms with Crippen LogP contribution < -0.4 is 14.4 Å². The molecule has 1 N–H and O–H groups in total. The molecule has 0 spiro atoms. The van der Waals surface area contributed by atoms with Gasteiger partial charge in [-0.25, -0.2) is 12.8 Å². The van der Waals surface area contributed by atoms with Crippen LogP contribution >= 0.6 is 15.9 Å². The maximum absolute atomic E-state index is 14.1. The second-order valence-corrected chi connectivity index (χ2v) is 13.1. The fraction of sp³-hybridized carbons (Fsp3) is 0.355. The van der Waals surface area contributed by atoms with Gasteiger partial charge in [0.1, 0.15) is 24.2 Å². The number of nitrogens with one attached hydrogen (secondary N) is 1. The standard InChI is InChI=1S/C31H37BrFN3O5S/c1-6-28(31(38)34-18-21(2)3)35(19-23-9-11-24(33)12-10-23)30(37)20-36(25-13-7-22(4)8-14-25)42(39,40)26-15-16-29(41-5)27(32)17-26/h7-17,21,28H,6,18-20H2,1-5H3,(H,34,38). The largest absolute Gasteiger partial charge is 0.496 e. The van der Waals surface area contributed by atoms with Crippen LogP contribution in [-0.4, -0.2) is 51.4 Å². The van der Waals surface area contributed by atoms with E-state index in [1.807, 2.05) is 20.8 Å². The third-order valence-corrected chi connectivity index (χ3v) is 9.04. The number of benzene rings is 3. The van der Waals surface area contributed by atoms with Crippen molar-refractivity contribution in [3.8, 4) is 5.75 Å². The number of ether oxygens (including phenoxy) is 1. The highest BCUT2D eigenvalue weighted by molar-refractivity contribution is 9.10. The van der Waals surface area contributed by atoms with Crippen molar-refractivity contribution in [2.45, 2.75) is 51.6 Å². The summed E-state index contributed by atoms with van der Waals surface area (Å²) >= 11 is 3.35. The zero-order valence-electron chi connectivity index (χ0n) is 24.4. The van der Waals surface area contributed by atoms with Gasteiger partial charge in [-0.3, -0.25) is 13.9 Å². The third kappa shape index (κ3) is 8.32. The summed E-state index contributed by atoms with van der Waals surface area (Å²) in [6, 6.07) is 15.9. The molecule has 3 aromatic rings. The normalized spacial score (nSPS) is 12.1. The summed E-state index contributed by atoms with van der Waals surface area (Å²) in [6.45, 7) is 7.43. The number of hydrogen-bond acceptors (Lipinski definition) is 5. The SMILES string of the molecule is CCC(C(=O)NCC(C)C)N(Cc1ccc(F)cc1)C(=O)CN(c1ccc(C)cc1)S(=O)(=O)c1ccc(OC)c(Br)c1. The van der Waals surface area contributed by atoms with Gasteiger partial charge in [-0.15, -0.1) is 0 Å². The highest BCUT2D eigenvalue weighted by Gasteiger charge is 2.34. The number of aryl methyl sites for hydroxylation is 1. The Morgan fingerprint density at radius 2 is 1.67 bits per heavy atom. The zero-order chi connectivity index (χ0) is 31.0. The molecule has 1 atom stereocenters. The number of hydrogen-bond donors (Lipinski definition) is 1. The van der Waals surface area contributed by atoms with Crippen molar-refractivity contribution in [1.82, 2.24) is 10.2 Å². The summed E-state index contributed by atoms with van der Waals surface area (Å²) in [5, 5.41) is 2.89. The van der Waals surface area contributed by atoms with Gasteiger partial charge in [-0.1, -0.05) is 50.6 Å². The van der Waals surface area contributed by atoms with Crippen LogP contribution in [0.2, 0.25) is 0 Å². The van der Waals surface area contributed by atoms with Gasteiger partial charge in [0, 0.05) is 13.1 Å². The van der Waals surface area contributed by atoms with Gasteiger partial charge in [0.05, 0.1) is 22.2 Å². The van der Waals surface area contributed by atoms with Crippen LogP contribution in [0.15, 0.2) is 76.1 Å². The second kappa shape index (κ2) is 14.6. The zero-order valence-corrected chi connectivity index (χ0v) is 26.8.